The fourth-order valence-corrected chi connectivity index (χ4v) is 2.64. The monoisotopic (exact) mass is 263 g/mol. The second kappa shape index (κ2) is 6.83. The molecule has 2 aromatic rings. The molecule has 0 unspecified atom stereocenters. The highest BCUT2D eigenvalue weighted by molar-refractivity contribution is 7.99. The summed E-state index contributed by atoms with van der Waals surface area (Å²) in [5.41, 5.74) is 1.22. The van der Waals surface area contributed by atoms with Crippen LogP contribution in [0.1, 0.15) is 0 Å². The maximum Gasteiger partial charge on any atom is 0.0732 e. The Morgan fingerprint density at radius 3 is 2.83 bits per heavy atom. The summed E-state index contributed by atoms with van der Waals surface area (Å²) in [5.74, 6) is 1.10. The zero-order valence-electron chi connectivity index (χ0n) is 11.1. The lowest BCUT2D eigenvalue weighted by molar-refractivity contribution is 0.403. The van der Waals surface area contributed by atoms with Crippen molar-refractivity contribution in [3.8, 4) is 0 Å². The molecule has 0 bridgehead atoms. The summed E-state index contributed by atoms with van der Waals surface area (Å²) in [6.45, 7) is 3.20. The first-order valence-electron chi connectivity index (χ1n) is 6.32. The van der Waals surface area contributed by atoms with Gasteiger partial charge in [0.05, 0.1) is 5.03 Å². The number of benzene rings is 1. The maximum absolute atomic E-state index is 3.44. The minimum Gasteiger partial charge on any atom is -0.350 e. The summed E-state index contributed by atoms with van der Waals surface area (Å²) < 4.78 is 0. The van der Waals surface area contributed by atoms with Crippen molar-refractivity contribution in [2.75, 3.05) is 39.5 Å². The van der Waals surface area contributed by atoms with Gasteiger partial charge in [-0.15, -0.1) is 11.8 Å². The highest BCUT2D eigenvalue weighted by Crippen LogP contribution is 2.22. The van der Waals surface area contributed by atoms with Gasteiger partial charge in [-0.2, -0.15) is 0 Å². The van der Waals surface area contributed by atoms with Gasteiger partial charge in [-0.25, -0.2) is 0 Å². The van der Waals surface area contributed by atoms with Crippen molar-refractivity contribution in [2.45, 2.75) is 5.03 Å². The number of likely N-dealkylation sites (N-methyl/N-ethyl adjacent to an activating group) is 1. The van der Waals surface area contributed by atoms with E-state index >= 15 is 0 Å². The molecule has 98 valence electrons. The van der Waals surface area contributed by atoms with E-state index in [9.17, 15) is 0 Å². The first-order chi connectivity index (χ1) is 8.75. The molecule has 2 rings (SSSR count). The Hall–Kier alpha value is -0.970. The van der Waals surface area contributed by atoms with Crippen LogP contribution in [0.25, 0.3) is 10.9 Å². The molecule has 0 radical (unpaired) electrons. The number of hydrogen-bond donors (Lipinski definition) is 2. The van der Waals surface area contributed by atoms with Crippen LogP contribution in [-0.4, -0.2) is 49.4 Å². The summed E-state index contributed by atoms with van der Waals surface area (Å²) in [5, 5.41) is 5.99. The van der Waals surface area contributed by atoms with Crippen LogP contribution in [0.5, 0.6) is 0 Å². The number of rotatable bonds is 7. The SMILES string of the molecule is CN(C)CCNCCSc1cc2ccccc2[nH]1. The van der Waals surface area contributed by atoms with E-state index in [1.165, 1.54) is 15.9 Å². The van der Waals surface area contributed by atoms with Crippen LogP contribution in [0.2, 0.25) is 0 Å². The Balaban J connectivity index is 1.70. The Kier molecular flexibility index (Phi) is 5.11. The fourth-order valence-electron chi connectivity index (χ4n) is 1.79. The zero-order valence-corrected chi connectivity index (χ0v) is 11.9. The van der Waals surface area contributed by atoms with E-state index in [0.717, 1.165) is 25.4 Å². The highest BCUT2D eigenvalue weighted by Gasteiger charge is 2.00. The number of nitrogens with zero attached hydrogens (tertiary/aromatic N) is 1. The molecule has 0 saturated heterocycles. The van der Waals surface area contributed by atoms with Crippen LogP contribution in [0.15, 0.2) is 35.4 Å². The lowest BCUT2D eigenvalue weighted by Crippen LogP contribution is -2.27. The number of aromatic amines is 1. The second-order valence-corrected chi connectivity index (χ2v) is 5.76. The van der Waals surface area contributed by atoms with E-state index in [4.69, 9.17) is 0 Å². The lowest BCUT2D eigenvalue weighted by Gasteiger charge is -2.09. The molecular formula is C14H21N3S. The molecule has 0 fully saturated rings. The molecule has 0 spiro atoms. The number of aromatic nitrogens is 1. The Labute approximate surface area is 113 Å². The molecule has 0 aliphatic heterocycles. The van der Waals surface area contributed by atoms with E-state index in [2.05, 4.69) is 59.6 Å². The van der Waals surface area contributed by atoms with Crippen molar-refractivity contribution < 1.29 is 0 Å². The van der Waals surface area contributed by atoms with Gasteiger partial charge in [-0.3, -0.25) is 0 Å². The van der Waals surface area contributed by atoms with Crippen molar-refractivity contribution in [3.63, 3.8) is 0 Å². The Morgan fingerprint density at radius 2 is 2.06 bits per heavy atom. The van der Waals surface area contributed by atoms with Gasteiger partial charge in [0.2, 0.25) is 0 Å². The molecule has 0 aliphatic carbocycles. The first-order valence-corrected chi connectivity index (χ1v) is 7.30. The van der Waals surface area contributed by atoms with Gasteiger partial charge in [0.15, 0.2) is 0 Å². The number of H-pyrrole nitrogens is 1. The van der Waals surface area contributed by atoms with Crippen molar-refractivity contribution in [2.24, 2.45) is 0 Å². The Bertz CT molecular complexity index is 446. The molecular weight excluding hydrogens is 242 g/mol. The quantitative estimate of drug-likeness (QED) is 0.594. The molecule has 2 N–H and O–H groups in total. The molecule has 1 aromatic carbocycles. The summed E-state index contributed by atoms with van der Waals surface area (Å²) in [7, 11) is 4.20. The van der Waals surface area contributed by atoms with Gasteiger partial charge in [0.25, 0.3) is 0 Å². The summed E-state index contributed by atoms with van der Waals surface area (Å²) in [6.07, 6.45) is 0. The number of hydrogen-bond acceptors (Lipinski definition) is 3. The first kappa shape index (κ1) is 13.5. The van der Waals surface area contributed by atoms with Crippen molar-refractivity contribution in [1.29, 1.82) is 0 Å². The van der Waals surface area contributed by atoms with Crippen LogP contribution in [0.4, 0.5) is 0 Å². The van der Waals surface area contributed by atoms with E-state index < -0.39 is 0 Å². The second-order valence-electron chi connectivity index (χ2n) is 4.62. The maximum atomic E-state index is 3.44. The summed E-state index contributed by atoms with van der Waals surface area (Å²) >= 11 is 1.87. The van der Waals surface area contributed by atoms with Crippen molar-refractivity contribution >= 4 is 22.7 Å². The van der Waals surface area contributed by atoms with Gasteiger partial charge < -0.3 is 15.2 Å². The van der Waals surface area contributed by atoms with Gasteiger partial charge in [0.1, 0.15) is 0 Å². The van der Waals surface area contributed by atoms with Crippen molar-refractivity contribution in [3.05, 3.63) is 30.3 Å². The fraction of sp³-hybridized carbons (Fsp3) is 0.429. The van der Waals surface area contributed by atoms with E-state index in [1.54, 1.807) is 0 Å². The number of para-hydroxylation sites is 1. The standard InChI is InChI=1S/C14H21N3S/c1-17(2)9-7-15-8-10-18-14-11-12-5-3-4-6-13(12)16-14/h3-6,11,15-16H,7-10H2,1-2H3. The van der Waals surface area contributed by atoms with E-state index in [-0.39, 0.29) is 0 Å². The van der Waals surface area contributed by atoms with Crippen LogP contribution >= 0.6 is 11.8 Å². The van der Waals surface area contributed by atoms with E-state index in [1.807, 2.05) is 11.8 Å². The highest BCUT2D eigenvalue weighted by atomic mass is 32.2. The summed E-state index contributed by atoms with van der Waals surface area (Å²) in [4.78, 5) is 5.62. The molecule has 0 amide bonds. The average Bonchev–Trinajstić information content (AvgIpc) is 2.75. The normalized spacial score (nSPS) is 11.5. The zero-order chi connectivity index (χ0) is 12.8. The third-order valence-corrected chi connectivity index (χ3v) is 3.72. The molecule has 0 atom stereocenters. The molecule has 1 aromatic heterocycles. The van der Waals surface area contributed by atoms with E-state index in [0.29, 0.717) is 0 Å². The molecule has 0 saturated carbocycles. The van der Waals surface area contributed by atoms with Crippen molar-refractivity contribution in [1.82, 2.24) is 15.2 Å². The molecule has 3 nitrogen and oxygen atoms in total. The van der Waals surface area contributed by atoms with Crippen LogP contribution in [0.3, 0.4) is 0 Å². The minimum atomic E-state index is 1.05. The lowest BCUT2D eigenvalue weighted by atomic mass is 10.3. The Morgan fingerprint density at radius 1 is 1.22 bits per heavy atom. The third-order valence-electron chi connectivity index (χ3n) is 2.78. The molecule has 1 heterocycles. The molecule has 18 heavy (non-hydrogen) atoms. The number of thioether (sulfide) groups is 1. The van der Waals surface area contributed by atoms with Gasteiger partial charge in [0, 0.05) is 36.3 Å². The number of fused-ring (bicyclic) bond motifs is 1. The van der Waals surface area contributed by atoms with Gasteiger partial charge >= 0.3 is 0 Å². The predicted octanol–water partition coefficient (Wildman–Crippen LogP) is 2.41. The molecule has 4 heteroatoms. The van der Waals surface area contributed by atoms with Gasteiger partial charge in [-0.05, 0) is 26.2 Å². The largest absolute Gasteiger partial charge is 0.350 e. The van der Waals surface area contributed by atoms with Crippen LogP contribution < -0.4 is 5.32 Å². The van der Waals surface area contributed by atoms with Crippen LogP contribution in [0, 0.1) is 0 Å². The summed E-state index contributed by atoms with van der Waals surface area (Å²) in [6, 6.07) is 10.6. The number of nitrogens with one attached hydrogen (secondary N) is 2. The molecule has 0 aliphatic rings. The average molecular weight is 263 g/mol. The minimum absolute atomic E-state index is 1.05. The smallest absolute Gasteiger partial charge is 0.0732 e. The van der Waals surface area contributed by atoms with Crippen LogP contribution in [-0.2, 0) is 0 Å². The predicted molar refractivity (Wildman–Crippen MR) is 80.4 cm³/mol. The third kappa shape index (κ3) is 4.05. The van der Waals surface area contributed by atoms with Gasteiger partial charge in [-0.1, -0.05) is 18.2 Å². The topological polar surface area (TPSA) is 31.1 Å².